The third-order valence-corrected chi connectivity index (χ3v) is 1.32. The first kappa shape index (κ1) is 20.6. The topological polar surface area (TPSA) is 9.23 Å². The van der Waals surface area contributed by atoms with E-state index in [1.54, 1.807) is 0 Å². The van der Waals surface area contributed by atoms with Crippen LogP contribution in [0, 0.1) is 0 Å². The zero-order valence-corrected chi connectivity index (χ0v) is 12.2. The van der Waals surface area contributed by atoms with Gasteiger partial charge in [0, 0.05) is 6.61 Å². The fraction of sp³-hybridized carbons (Fsp3) is 0.600. The van der Waals surface area contributed by atoms with Gasteiger partial charge in [-0.05, 0) is 12.5 Å². The van der Waals surface area contributed by atoms with E-state index in [4.69, 9.17) is 4.74 Å². The van der Waals surface area contributed by atoms with Crippen molar-refractivity contribution in [2.75, 3.05) is 6.61 Å². The lowest BCUT2D eigenvalue weighted by molar-refractivity contribution is 0.134. The second-order valence-electron chi connectivity index (χ2n) is 2.12. The molecular formula is C15H30O. The molecule has 96 valence electrons. The molecule has 0 aliphatic carbocycles. The van der Waals surface area contributed by atoms with E-state index >= 15 is 0 Å². The fourth-order valence-corrected chi connectivity index (χ4v) is 0.794. The highest BCUT2D eigenvalue weighted by atomic mass is 16.5. The van der Waals surface area contributed by atoms with Crippen molar-refractivity contribution < 1.29 is 4.74 Å². The molecule has 0 N–H and O–H groups in total. The molecule has 1 heteroatoms. The van der Waals surface area contributed by atoms with E-state index in [0.717, 1.165) is 13.2 Å². The molecule has 0 radical (unpaired) electrons. The molecule has 0 saturated heterocycles. The fourth-order valence-electron chi connectivity index (χ4n) is 0.794. The van der Waals surface area contributed by atoms with Crippen LogP contribution in [-0.2, 0) is 11.3 Å². The highest BCUT2D eigenvalue weighted by Gasteiger charge is 1.86. The first-order chi connectivity index (χ1) is 7.93. The number of hydrogen-bond acceptors (Lipinski definition) is 1. The van der Waals surface area contributed by atoms with Gasteiger partial charge in [0.15, 0.2) is 0 Å². The molecule has 1 aromatic rings. The van der Waals surface area contributed by atoms with Gasteiger partial charge in [-0.15, -0.1) is 0 Å². The zero-order valence-electron chi connectivity index (χ0n) is 12.2. The third kappa shape index (κ3) is 15.6. The van der Waals surface area contributed by atoms with Crippen LogP contribution in [0.25, 0.3) is 0 Å². The minimum absolute atomic E-state index is 0.733. The average molecular weight is 226 g/mol. The Kier molecular flexibility index (Phi) is 30.6. The van der Waals surface area contributed by atoms with E-state index in [2.05, 4.69) is 12.1 Å². The van der Waals surface area contributed by atoms with Gasteiger partial charge in [-0.25, -0.2) is 0 Å². The summed E-state index contributed by atoms with van der Waals surface area (Å²) in [6.07, 6.45) is 0. The van der Waals surface area contributed by atoms with Gasteiger partial charge >= 0.3 is 0 Å². The highest BCUT2D eigenvalue weighted by molar-refractivity contribution is 5.13. The summed E-state index contributed by atoms with van der Waals surface area (Å²) >= 11 is 0. The van der Waals surface area contributed by atoms with Crippen LogP contribution in [0.15, 0.2) is 30.3 Å². The van der Waals surface area contributed by atoms with E-state index in [-0.39, 0.29) is 0 Å². The lowest BCUT2D eigenvalue weighted by atomic mass is 10.2. The zero-order chi connectivity index (χ0) is 13.2. The van der Waals surface area contributed by atoms with Crippen LogP contribution in [0.2, 0.25) is 0 Å². The lowest BCUT2D eigenvalue weighted by Crippen LogP contribution is -1.90. The van der Waals surface area contributed by atoms with Crippen LogP contribution in [0.5, 0.6) is 0 Å². The molecule has 1 nitrogen and oxygen atoms in total. The summed E-state index contributed by atoms with van der Waals surface area (Å²) in [5.41, 5.74) is 1.24. The predicted octanol–water partition coefficient (Wildman–Crippen LogP) is 5.30. The Morgan fingerprint density at radius 3 is 1.62 bits per heavy atom. The van der Waals surface area contributed by atoms with Crippen LogP contribution < -0.4 is 0 Å². The summed E-state index contributed by atoms with van der Waals surface area (Å²) in [5, 5.41) is 0. The van der Waals surface area contributed by atoms with Gasteiger partial charge in [-0.3, -0.25) is 0 Å². The summed E-state index contributed by atoms with van der Waals surface area (Å²) in [4.78, 5) is 0. The molecule has 0 aromatic heterocycles. The number of ether oxygens (including phenoxy) is 1. The van der Waals surface area contributed by atoms with Gasteiger partial charge in [0.25, 0.3) is 0 Å². The number of hydrogen-bond donors (Lipinski definition) is 0. The summed E-state index contributed by atoms with van der Waals surface area (Å²) in [5.74, 6) is 0. The smallest absolute Gasteiger partial charge is 0.0716 e. The Hall–Kier alpha value is -0.820. The molecule has 0 heterocycles. The molecule has 0 aliphatic rings. The van der Waals surface area contributed by atoms with Crippen LogP contribution in [0.1, 0.15) is 54.0 Å². The third-order valence-electron chi connectivity index (χ3n) is 1.32. The van der Waals surface area contributed by atoms with Crippen LogP contribution in [0.4, 0.5) is 0 Å². The Bertz CT molecular complexity index is 170. The summed E-state index contributed by atoms with van der Waals surface area (Å²) in [7, 11) is 0. The standard InChI is InChI=1S/C9H12O.3C2H6/c1-2-10-8-9-6-4-3-5-7-9;3*1-2/h3-7H,2,8H2,1H3;3*1-2H3. The maximum absolute atomic E-state index is 5.22. The SMILES string of the molecule is CC.CC.CC.CCOCc1ccccc1. The molecule has 0 bridgehead atoms. The summed E-state index contributed by atoms with van der Waals surface area (Å²) < 4.78 is 5.22. The van der Waals surface area contributed by atoms with Gasteiger partial charge in [-0.1, -0.05) is 71.9 Å². The van der Waals surface area contributed by atoms with Gasteiger partial charge < -0.3 is 4.74 Å². The second kappa shape index (κ2) is 23.8. The highest BCUT2D eigenvalue weighted by Crippen LogP contribution is 1.99. The average Bonchev–Trinajstić information content (AvgIpc) is 2.44. The molecule has 0 aliphatic heterocycles. The van der Waals surface area contributed by atoms with Crippen LogP contribution >= 0.6 is 0 Å². The Morgan fingerprint density at radius 1 is 0.812 bits per heavy atom. The predicted molar refractivity (Wildman–Crippen MR) is 75.8 cm³/mol. The Balaban J connectivity index is -0.000000245. The number of benzene rings is 1. The minimum atomic E-state index is 0.733. The molecule has 1 aromatic carbocycles. The summed E-state index contributed by atoms with van der Waals surface area (Å²) in [6, 6.07) is 10.2. The summed E-state index contributed by atoms with van der Waals surface area (Å²) in [6.45, 7) is 15.5. The van der Waals surface area contributed by atoms with Crippen LogP contribution in [0.3, 0.4) is 0 Å². The van der Waals surface area contributed by atoms with E-state index in [9.17, 15) is 0 Å². The molecule has 0 fully saturated rings. The molecule has 0 atom stereocenters. The van der Waals surface area contributed by atoms with Gasteiger partial charge in [0.05, 0.1) is 6.61 Å². The van der Waals surface area contributed by atoms with Gasteiger partial charge in [0.2, 0.25) is 0 Å². The van der Waals surface area contributed by atoms with Crippen molar-refractivity contribution in [2.24, 2.45) is 0 Å². The Morgan fingerprint density at radius 2 is 1.25 bits per heavy atom. The number of rotatable bonds is 3. The van der Waals surface area contributed by atoms with Crippen molar-refractivity contribution in [3.63, 3.8) is 0 Å². The first-order valence-corrected chi connectivity index (χ1v) is 6.55. The van der Waals surface area contributed by atoms with Crippen molar-refractivity contribution >= 4 is 0 Å². The molecular weight excluding hydrogens is 196 g/mol. The minimum Gasteiger partial charge on any atom is -0.377 e. The molecule has 0 unspecified atom stereocenters. The van der Waals surface area contributed by atoms with Crippen molar-refractivity contribution in [3.8, 4) is 0 Å². The maximum atomic E-state index is 5.22. The quantitative estimate of drug-likeness (QED) is 0.679. The van der Waals surface area contributed by atoms with Crippen LogP contribution in [-0.4, -0.2) is 6.61 Å². The molecule has 1 rings (SSSR count). The largest absolute Gasteiger partial charge is 0.377 e. The monoisotopic (exact) mass is 226 g/mol. The molecule has 0 saturated carbocycles. The molecule has 0 amide bonds. The van der Waals surface area contributed by atoms with Crippen molar-refractivity contribution in [3.05, 3.63) is 35.9 Å². The molecule has 0 spiro atoms. The van der Waals surface area contributed by atoms with Gasteiger partial charge in [-0.2, -0.15) is 0 Å². The van der Waals surface area contributed by atoms with E-state index in [0.29, 0.717) is 0 Å². The lowest BCUT2D eigenvalue weighted by Gasteiger charge is -1.98. The van der Waals surface area contributed by atoms with E-state index in [1.165, 1.54) is 5.56 Å². The molecule has 16 heavy (non-hydrogen) atoms. The normalized spacial score (nSPS) is 7.19. The van der Waals surface area contributed by atoms with Crippen molar-refractivity contribution in [2.45, 2.75) is 55.1 Å². The first-order valence-electron chi connectivity index (χ1n) is 6.55. The van der Waals surface area contributed by atoms with E-state index in [1.807, 2.05) is 66.7 Å². The maximum Gasteiger partial charge on any atom is 0.0716 e. The Labute approximate surface area is 103 Å². The van der Waals surface area contributed by atoms with Crippen molar-refractivity contribution in [1.29, 1.82) is 0 Å². The van der Waals surface area contributed by atoms with Gasteiger partial charge in [0.1, 0.15) is 0 Å². The van der Waals surface area contributed by atoms with Crippen molar-refractivity contribution in [1.82, 2.24) is 0 Å². The van der Waals surface area contributed by atoms with E-state index < -0.39 is 0 Å². The second-order valence-corrected chi connectivity index (χ2v) is 2.12.